The second-order valence-electron chi connectivity index (χ2n) is 5.69. The molecule has 0 radical (unpaired) electrons. The number of pyridine rings is 1. The highest BCUT2D eigenvalue weighted by molar-refractivity contribution is 5.96. The number of fused-ring (bicyclic) bond motifs is 1. The number of amides is 1. The molecule has 2 aromatic carbocycles. The molecule has 0 saturated heterocycles. The van der Waals surface area contributed by atoms with Gasteiger partial charge in [-0.2, -0.15) is 4.98 Å². The Morgan fingerprint density at radius 1 is 1.00 bits per heavy atom. The lowest BCUT2D eigenvalue weighted by atomic mass is 10.2. The van der Waals surface area contributed by atoms with Crippen LogP contribution in [0.15, 0.2) is 67.0 Å². The number of carbonyl (C=O) groups is 1. The number of nitrogens with zero attached hydrogens (tertiary/aromatic N) is 3. The zero-order valence-electron chi connectivity index (χ0n) is 14.0. The van der Waals surface area contributed by atoms with Crippen LogP contribution in [0.3, 0.4) is 0 Å². The summed E-state index contributed by atoms with van der Waals surface area (Å²) in [7, 11) is 0. The number of para-hydroxylation sites is 2. The molecule has 2 aromatic heterocycles. The average molecular weight is 360 g/mol. The molecule has 0 spiro atoms. The van der Waals surface area contributed by atoms with Crippen molar-refractivity contribution in [1.29, 1.82) is 0 Å². The predicted octanol–water partition coefficient (Wildman–Crippen LogP) is 3.72. The third-order valence-corrected chi connectivity index (χ3v) is 3.92. The molecule has 0 atom stereocenters. The maximum absolute atomic E-state index is 14.4. The lowest BCUT2D eigenvalue weighted by molar-refractivity contribution is 0.0998. The first-order valence-electron chi connectivity index (χ1n) is 8.07. The lowest BCUT2D eigenvalue weighted by Gasteiger charge is -2.12. The Morgan fingerprint density at radius 2 is 1.85 bits per heavy atom. The number of aromatic nitrogens is 3. The van der Waals surface area contributed by atoms with E-state index in [1.807, 2.05) is 0 Å². The van der Waals surface area contributed by atoms with Gasteiger partial charge >= 0.3 is 0 Å². The fourth-order valence-electron chi connectivity index (χ4n) is 2.65. The summed E-state index contributed by atoms with van der Waals surface area (Å²) < 4.78 is 20.2. The molecule has 7 heteroatoms. The van der Waals surface area contributed by atoms with Gasteiger partial charge in [0.1, 0.15) is 17.1 Å². The Kier molecular flexibility index (Phi) is 4.18. The van der Waals surface area contributed by atoms with Gasteiger partial charge < -0.3 is 10.5 Å². The fourth-order valence-corrected chi connectivity index (χ4v) is 2.65. The molecule has 0 bridgehead atoms. The monoisotopic (exact) mass is 360 g/mol. The van der Waals surface area contributed by atoms with Gasteiger partial charge in [0.2, 0.25) is 5.88 Å². The average Bonchev–Trinajstić information content (AvgIpc) is 2.69. The van der Waals surface area contributed by atoms with Gasteiger partial charge in [-0.25, -0.2) is 9.37 Å². The van der Waals surface area contributed by atoms with E-state index in [1.165, 1.54) is 12.1 Å². The molecule has 0 unspecified atom stereocenters. The van der Waals surface area contributed by atoms with Gasteiger partial charge in [-0.15, -0.1) is 0 Å². The van der Waals surface area contributed by atoms with Gasteiger partial charge in [0, 0.05) is 18.0 Å². The van der Waals surface area contributed by atoms with Crippen molar-refractivity contribution in [2.75, 3.05) is 0 Å². The minimum Gasteiger partial charge on any atom is -0.437 e. The van der Waals surface area contributed by atoms with Crippen molar-refractivity contribution in [3.63, 3.8) is 0 Å². The number of nitrogens with two attached hydrogens (primary N) is 1. The van der Waals surface area contributed by atoms with E-state index >= 15 is 0 Å². The summed E-state index contributed by atoms with van der Waals surface area (Å²) in [4.78, 5) is 24.4. The van der Waals surface area contributed by atoms with Crippen LogP contribution in [0.25, 0.3) is 22.3 Å². The van der Waals surface area contributed by atoms with E-state index in [0.717, 1.165) is 0 Å². The predicted molar refractivity (Wildman–Crippen MR) is 97.8 cm³/mol. The molecule has 0 saturated carbocycles. The maximum atomic E-state index is 14.4. The largest absolute Gasteiger partial charge is 0.437 e. The number of primary amides is 1. The highest BCUT2D eigenvalue weighted by atomic mass is 19.1. The summed E-state index contributed by atoms with van der Waals surface area (Å²) >= 11 is 0. The van der Waals surface area contributed by atoms with Crippen molar-refractivity contribution in [3.05, 3.63) is 78.4 Å². The second-order valence-corrected chi connectivity index (χ2v) is 5.69. The number of hydrogen-bond acceptors (Lipinski definition) is 5. The summed E-state index contributed by atoms with van der Waals surface area (Å²) in [6.07, 6.45) is 3.19. The van der Waals surface area contributed by atoms with Gasteiger partial charge in [0.05, 0.1) is 10.9 Å². The van der Waals surface area contributed by atoms with Crippen LogP contribution in [0.1, 0.15) is 10.4 Å². The molecule has 4 rings (SSSR count). The van der Waals surface area contributed by atoms with Gasteiger partial charge in [-0.1, -0.05) is 18.2 Å². The highest BCUT2D eigenvalue weighted by Crippen LogP contribution is 2.32. The lowest BCUT2D eigenvalue weighted by Crippen LogP contribution is -2.12. The smallest absolute Gasteiger partial charge is 0.252 e. The van der Waals surface area contributed by atoms with Crippen molar-refractivity contribution in [2.24, 2.45) is 5.73 Å². The summed E-state index contributed by atoms with van der Waals surface area (Å²) in [5.74, 6) is -0.540. The molecule has 4 aromatic rings. The van der Waals surface area contributed by atoms with Crippen LogP contribution < -0.4 is 10.5 Å². The van der Waals surface area contributed by atoms with Crippen LogP contribution >= 0.6 is 0 Å². The Balaban J connectivity index is 1.92. The quantitative estimate of drug-likeness (QED) is 0.599. The SMILES string of the molecule is NC(=O)c1ccccc1Oc1nc(-c2cccnc2)nc2c(F)cccc12. The van der Waals surface area contributed by atoms with Crippen molar-refractivity contribution < 1.29 is 13.9 Å². The number of rotatable bonds is 4. The number of carbonyl (C=O) groups excluding carboxylic acids is 1. The van der Waals surface area contributed by atoms with E-state index in [4.69, 9.17) is 10.5 Å². The highest BCUT2D eigenvalue weighted by Gasteiger charge is 2.16. The first-order chi connectivity index (χ1) is 13.1. The standard InChI is InChI=1S/C20H13FN4O2/c21-15-8-3-7-14-17(15)24-19(12-5-4-10-23-11-12)25-20(14)27-16-9-2-1-6-13(16)18(22)26/h1-11H,(H2,22,26). The van der Waals surface area contributed by atoms with Crippen molar-refractivity contribution in [1.82, 2.24) is 15.0 Å². The van der Waals surface area contributed by atoms with Crippen LogP contribution in [-0.2, 0) is 0 Å². The summed E-state index contributed by atoms with van der Waals surface area (Å²) in [5.41, 5.74) is 6.32. The number of ether oxygens (including phenoxy) is 1. The molecule has 0 fully saturated rings. The molecule has 2 heterocycles. The minimum absolute atomic E-state index is 0.109. The van der Waals surface area contributed by atoms with Gasteiger partial charge in [-0.05, 0) is 36.4 Å². The minimum atomic E-state index is -0.636. The van der Waals surface area contributed by atoms with E-state index < -0.39 is 11.7 Å². The van der Waals surface area contributed by atoms with Crippen LogP contribution in [0.4, 0.5) is 4.39 Å². The van der Waals surface area contributed by atoms with Crippen molar-refractivity contribution in [2.45, 2.75) is 0 Å². The molecule has 6 nitrogen and oxygen atoms in total. The van der Waals surface area contributed by atoms with Crippen molar-refractivity contribution >= 4 is 16.8 Å². The third-order valence-electron chi connectivity index (χ3n) is 3.92. The first-order valence-corrected chi connectivity index (χ1v) is 8.07. The maximum Gasteiger partial charge on any atom is 0.252 e. The van der Waals surface area contributed by atoms with E-state index in [9.17, 15) is 9.18 Å². The van der Waals surface area contributed by atoms with E-state index in [0.29, 0.717) is 10.9 Å². The second kappa shape index (κ2) is 6.80. The van der Waals surface area contributed by atoms with E-state index in [-0.39, 0.29) is 28.5 Å². The van der Waals surface area contributed by atoms with Crippen molar-refractivity contribution in [3.8, 4) is 23.0 Å². The normalized spacial score (nSPS) is 10.7. The number of hydrogen-bond donors (Lipinski definition) is 1. The fraction of sp³-hybridized carbons (Fsp3) is 0. The zero-order chi connectivity index (χ0) is 18.8. The first kappa shape index (κ1) is 16.6. The van der Waals surface area contributed by atoms with Crippen LogP contribution in [0.2, 0.25) is 0 Å². The molecule has 0 aliphatic heterocycles. The van der Waals surface area contributed by atoms with Crippen LogP contribution in [0, 0.1) is 5.82 Å². The zero-order valence-corrected chi connectivity index (χ0v) is 14.0. The molecule has 1 amide bonds. The summed E-state index contributed by atoms with van der Waals surface area (Å²) in [5, 5.41) is 0.377. The van der Waals surface area contributed by atoms with Crippen LogP contribution in [-0.4, -0.2) is 20.9 Å². The third kappa shape index (κ3) is 3.18. The summed E-state index contributed by atoms with van der Waals surface area (Å²) in [6.45, 7) is 0. The van der Waals surface area contributed by atoms with Gasteiger partial charge in [-0.3, -0.25) is 9.78 Å². The Labute approximate surface area is 153 Å². The topological polar surface area (TPSA) is 91.0 Å². The molecule has 132 valence electrons. The Hall–Kier alpha value is -3.87. The number of halogens is 1. The molecule has 0 aliphatic rings. The van der Waals surface area contributed by atoms with Gasteiger partial charge in [0.15, 0.2) is 5.82 Å². The van der Waals surface area contributed by atoms with Gasteiger partial charge in [0.25, 0.3) is 5.91 Å². The molecular weight excluding hydrogens is 347 g/mol. The Bertz CT molecular complexity index is 1150. The Morgan fingerprint density at radius 3 is 2.63 bits per heavy atom. The van der Waals surface area contributed by atoms with E-state index in [2.05, 4.69) is 15.0 Å². The molecule has 2 N–H and O–H groups in total. The molecule has 27 heavy (non-hydrogen) atoms. The molecular formula is C20H13FN4O2. The summed E-state index contributed by atoms with van der Waals surface area (Å²) in [6, 6.07) is 14.5. The van der Waals surface area contributed by atoms with Crippen LogP contribution in [0.5, 0.6) is 11.6 Å². The number of benzene rings is 2. The molecule has 0 aliphatic carbocycles. The van der Waals surface area contributed by atoms with E-state index in [1.54, 1.807) is 54.9 Å².